The third kappa shape index (κ3) is 2.45. The molecule has 1 aromatic heterocycles. The lowest BCUT2D eigenvalue weighted by molar-refractivity contribution is 0.112. The monoisotopic (exact) mass is 244 g/mol. The van der Waals surface area contributed by atoms with Crippen LogP contribution in [0.15, 0.2) is 42.5 Å². The molecular weight excluding hydrogens is 232 g/mol. The van der Waals surface area contributed by atoms with Crippen LogP contribution in [0.3, 0.4) is 0 Å². The third-order valence-corrected chi connectivity index (χ3v) is 3.44. The number of hydrogen-bond donors (Lipinski definition) is 1. The first kappa shape index (κ1) is 11.6. The van der Waals surface area contributed by atoms with Crippen molar-refractivity contribution in [1.82, 2.24) is 0 Å². The van der Waals surface area contributed by atoms with Crippen molar-refractivity contribution in [2.45, 2.75) is 6.92 Å². The van der Waals surface area contributed by atoms with Gasteiger partial charge >= 0.3 is 0 Å². The van der Waals surface area contributed by atoms with Gasteiger partial charge in [0.1, 0.15) is 5.76 Å². The van der Waals surface area contributed by atoms with Gasteiger partial charge in [0.05, 0.1) is 4.88 Å². The maximum absolute atomic E-state index is 10.7. The van der Waals surface area contributed by atoms with Crippen molar-refractivity contribution in [2.24, 2.45) is 0 Å². The number of benzene rings is 1. The number of rotatable bonds is 3. The zero-order valence-electron chi connectivity index (χ0n) is 9.38. The van der Waals surface area contributed by atoms with Crippen LogP contribution in [0.4, 0.5) is 0 Å². The number of thiophene rings is 1. The molecule has 17 heavy (non-hydrogen) atoms. The van der Waals surface area contributed by atoms with Gasteiger partial charge in [0.15, 0.2) is 6.29 Å². The van der Waals surface area contributed by atoms with E-state index < -0.39 is 0 Å². The van der Waals surface area contributed by atoms with Crippen LogP contribution in [0.5, 0.6) is 0 Å². The van der Waals surface area contributed by atoms with Crippen molar-refractivity contribution in [1.29, 1.82) is 0 Å². The topological polar surface area (TPSA) is 37.3 Å². The minimum atomic E-state index is 0.226. The number of fused-ring (bicyclic) bond motifs is 1. The molecule has 0 unspecified atom stereocenters. The molecule has 0 amide bonds. The summed E-state index contributed by atoms with van der Waals surface area (Å²) in [5, 5.41) is 10.8. The molecule has 0 aliphatic rings. The van der Waals surface area contributed by atoms with Gasteiger partial charge in [-0.05, 0) is 42.7 Å². The number of carbonyl (C=O) groups excluding carboxylic acids is 1. The fourth-order valence-corrected chi connectivity index (χ4v) is 2.42. The van der Waals surface area contributed by atoms with Crippen molar-refractivity contribution >= 4 is 33.5 Å². The number of aliphatic hydroxyl groups excluding tert-OH is 1. The molecular formula is C14H12O2S. The van der Waals surface area contributed by atoms with Crippen LogP contribution < -0.4 is 0 Å². The van der Waals surface area contributed by atoms with Crippen LogP contribution in [-0.4, -0.2) is 11.4 Å². The SMILES string of the molecule is C/C=C/C=C(\O)c1ccc2sc(C=O)cc2c1. The standard InChI is InChI=1S/C14H12O2S/c1-2-3-4-13(16)10-5-6-14-11(7-10)8-12(9-15)17-14/h2-9,16H,1H3/b3-2+,13-4-. The average Bonchev–Trinajstić information content (AvgIpc) is 2.77. The fourth-order valence-electron chi connectivity index (χ4n) is 1.56. The lowest BCUT2D eigenvalue weighted by Crippen LogP contribution is -1.80. The molecule has 0 radical (unpaired) electrons. The Hall–Kier alpha value is -1.87. The van der Waals surface area contributed by atoms with Gasteiger partial charge in [-0.15, -0.1) is 11.3 Å². The van der Waals surface area contributed by atoms with E-state index in [1.54, 1.807) is 12.2 Å². The number of aliphatic hydroxyl groups is 1. The van der Waals surface area contributed by atoms with Crippen LogP contribution in [0, 0.1) is 0 Å². The molecule has 1 aromatic carbocycles. The third-order valence-electron chi connectivity index (χ3n) is 2.39. The Morgan fingerprint density at radius 1 is 1.35 bits per heavy atom. The predicted octanol–water partition coefficient (Wildman–Crippen LogP) is 4.19. The Morgan fingerprint density at radius 2 is 2.18 bits per heavy atom. The molecule has 0 atom stereocenters. The number of aldehydes is 1. The van der Waals surface area contributed by atoms with Crippen molar-refractivity contribution < 1.29 is 9.90 Å². The molecule has 0 aliphatic carbocycles. The lowest BCUT2D eigenvalue weighted by atomic mass is 10.1. The van der Waals surface area contributed by atoms with Crippen LogP contribution >= 0.6 is 11.3 Å². The summed E-state index contributed by atoms with van der Waals surface area (Å²) in [4.78, 5) is 11.4. The Bertz CT molecular complexity index is 606. The quantitative estimate of drug-likeness (QED) is 0.499. The highest BCUT2D eigenvalue weighted by atomic mass is 32.1. The summed E-state index contributed by atoms with van der Waals surface area (Å²) in [6, 6.07) is 7.48. The van der Waals surface area contributed by atoms with Gasteiger partial charge in [-0.1, -0.05) is 12.2 Å². The van der Waals surface area contributed by atoms with Crippen molar-refractivity contribution in [3.63, 3.8) is 0 Å². The molecule has 0 saturated heterocycles. The zero-order chi connectivity index (χ0) is 12.3. The minimum absolute atomic E-state index is 0.226. The molecule has 0 fully saturated rings. The Balaban J connectivity index is 2.46. The first-order chi connectivity index (χ1) is 8.24. The molecule has 3 heteroatoms. The van der Waals surface area contributed by atoms with E-state index in [0.717, 1.165) is 21.9 Å². The minimum Gasteiger partial charge on any atom is -0.507 e. The fraction of sp³-hybridized carbons (Fsp3) is 0.0714. The highest BCUT2D eigenvalue weighted by Gasteiger charge is 2.04. The Morgan fingerprint density at radius 3 is 2.88 bits per heavy atom. The second-order valence-electron chi connectivity index (χ2n) is 3.60. The molecule has 1 heterocycles. The molecule has 0 aliphatic heterocycles. The van der Waals surface area contributed by atoms with Crippen molar-refractivity contribution in [3.8, 4) is 0 Å². The van der Waals surface area contributed by atoms with E-state index in [2.05, 4.69) is 0 Å². The molecule has 2 aromatic rings. The molecule has 1 N–H and O–H groups in total. The summed E-state index contributed by atoms with van der Waals surface area (Å²) >= 11 is 1.45. The molecule has 0 spiro atoms. The van der Waals surface area contributed by atoms with Gasteiger partial charge in [-0.3, -0.25) is 4.79 Å². The Kier molecular flexibility index (Phi) is 3.40. The summed E-state index contributed by atoms with van der Waals surface area (Å²) in [5.74, 6) is 0.226. The van der Waals surface area contributed by atoms with Gasteiger partial charge in [0, 0.05) is 10.3 Å². The zero-order valence-corrected chi connectivity index (χ0v) is 10.2. The number of hydrogen-bond acceptors (Lipinski definition) is 3. The van der Waals surface area contributed by atoms with Gasteiger partial charge in [0.2, 0.25) is 0 Å². The first-order valence-corrected chi connectivity index (χ1v) is 6.07. The maximum Gasteiger partial charge on any atom is 0.160 e. The first-order valence-electron chi connectivity index (χ1n) is 5.25. The molecule has 2 nitrogen and oxygen atoms in total. The summed E-state index contributed by atoms with van der Waals surface area (Å²) in [6.45, 7) is 1.89. The predicted molar refractivity (Wildman–Crippen MR) is 72.6 cm³/mol. The van der Waals surface area contributed by atoms with Crippen LogP contribution in [0.2, 0.25) is 0 Å². The van der Waals surface area contributed by atoms with Gasteiger partial charge in [-0.2, -0.15) is 0 Å². The number of carbonyl (C=O) groups is 1. The summed E-state index contributed by atoms with van der Waals surface area (Å²) in [6.07, 6.45) is 6.13. The normalized spacial score (nSPS) is 12.4. The van der Waals surface area contributed by atoms with Crippen LogP contribution in [0.1, 0.15) is 22.2 Å². The molecule has 86 valence electrons. The van der Waals surface area contributed by atoms with Gasteiger partial charge in [0.25, 0.3) is 0 Å². The highest BCUT2D eigenvalue weighted by Crippen LogP contribution is 2.27. The van der Waals surface area contributed by atoms with E-state index in [4.69, 9.17) is 0 Å². The van der Waals surface area contributed by atoms with Crippen molar-refractivity contribution in [3.05, 3.63) is 52.9 Å². The van der Waals surface area contributed by atoms with E-state index in [9.17, 15) is 9.90 Å². The number of allylic oxidation sites excluding steroid dienone is 3. The van der Waals surface area contributed by atoms with E-state index in [1.807, 2.05) is 37.3 Å². The molecule has 0 bridgehead atoms. The second-order valence-corrected chi connectivity index (χ2v) is 4.71. The smallest absolute Gasteiger partial charge is 0.160 e. The summed E-state index contributed by atoms with van der Waals surface area (Å²) in [7, 11) is 0. The second kappa shape index (κ2) is 4.97. The highest BCUT2D eigenvalue weighted by molar-refractivity contribution is 7.20. The van der Waals surface area contributed by atoms with Gasteiger partial charge < -0.3 is 5.11 Å². The van der Waals surface area contributed by atoms with Crippen molar-refractivity contribution in [2.75, 3.05) is 0 Å². The molecule has 2 rings (SSSR count). The van der Waals surface area contributed by atoms with E-state index in [0.29, 0.717) is 4.88 Å². The lowest BCUT2D eigenvalue weighted by Gasteiger charge is -1.99. The summed E-state index contributed by atoms with van der Waals surface area (Å²) < 4.78 is 1.05. The Labute approximate surface area is 104 Å². The largest absolute Gasteiger partial charge is 0.507 e. The maximum atomic E-state index is 10.7. The average molecular weight is 244 g/mol. The van der Waals surface area contributed by atoms with Gasteiger partial charge in [-0.25, -0.2) is 0 Å². The van der Waals surface area contributed by atoms with E-state index >= 15 is 0 Å². The molecule has 0 saturated carbocycles. The van der Waals surface area contributed by atoms with E-state index in [-0.39, 0.29) is 5.76 Å². The van der Waals surface area contributed by atoms with Crippen LogP contribution in [-0.2, 0) is 0 Å². The summed E-state index contributed by atoms with van der Waals surface area (Å²) in [5.41, 5.74) is 0.755. The van der Waals surface area contributed by atoms with E-state index in [1.165, 1.54) is 11.3 Å². The van der Waals surface area contributed by atoms with Crippen LogP contribution in [0.25, 0.3) is 15.8 Å².